The molecule has 3 nitrogen and oxygen atoms in total. The highest BCUT2D eigenvalue weighted by molar-refractivity contribution is 7.33. The van der Waals surface area contributed by atoms with Crippen molar-refractivity contribution in [2.75, 3.05) is 14.7 Å². The molecule has 0 amide bonds. The van der Waals surface area contributed by atoms with E-state index in [9.17, 15) is 0 Å². The van der Waals surface area contributed by atoms with Crippen molar-refractivity contribution in [1.82, 2.24) is 0 Å². The molecule has 5 heteroatoms. The van der Waals surface area contributed by atoms with Crippen LogP contribution in [0, 0.1) is 0 Å². The molecule has 0 fully saturated rings. The van der Waals surface area contributed by atoms with Crippen molar-refractivity contribution >= 4 is 95.0 Å². The second-order valence-corrected chi connectivity index (χ2v) is 17.6. The van der Waals surface area contributed by atoms with Gasteiger partial charge in [0.15, 0.2) is 0 Å². The van der Waals surface area contributed by atoms with E-state index in [4.69, 9.17) is 0 Å². The van der Waals surface area contributed by atoms with Crippen molar-refractivity contribution < 1.29 is 0 Å². The van der Waals surface area contributed by atoms with Gasteiger partial charge in [-0.2, -0.15) is 0 Å². The van der Waals surface area contributed by atoms with Crippen LogP contribution >= 0.6 is 11.3 Å². The zero-order valence-corrected chi connectivity index (χ0v) is 34.2. The Hall–Kier alpha value is -6.82. The summed E-state index contributed by atoms with van der Waals surface area (Å²) in [5.74, 6) is 0. The molecule has 8 aromatic carbocycles. The first-order valence-corrected chi connectivity index (χ1v) is 21.3. The van der Waals surface area contributed by atoms with Gasteiger partial charge in [0.2, 0.25) is 0 Å². The van der Waals surface area contributed by atoms with Crippen molar-refractivity contribution in [2.45, 2.75) is 26.2 Å². The Kier molecular flexibility index (Phi) is 8.35. The number of thiophene rings is 1. The minimum absolute atomic E-state index is 0.0221. The van der Waals surface area contributed by atoms with Crippen molar-refractivity contribution in [3.8, 4) is 11.1 Å². The maximum atomic E-state index is 2.57. The molecule has 2 aliphatic rings. The molecule has 3 heterocycles. The van der Waals surface area contributed by atoms with Crippen LogP contribution in [0.15, 0.2) is 200 Å². The molecule has 0 unspecified atom stereocenters. The summed E-state index contributed by atoms with van der Waals surface area (Å²) in [6.07, 6.45) is 0. The highest BCUT2D eigenvalue weighted by atomic mass is 32.1. The molecular formula is C54H42BN3S. The molecule has 282 valence electrons. The fraction of sp³-hybridized carbons (Fsp3) is 0.0741. The Morgan fingerprint density at radius 2 is 1.10 bits per heavy atom. The predicted molar refractivity (Wildman–Crippen MR) is 255 cm³/mol. The summed E-state index contributed by atoms with van der Waals surface area (Å²) < 4.78 is 2.68. The maximum Gasteiger partial charge on any atom is 0.264 e. The number of para-hydroxylation sites is 3. The molecule has 0 radical (unpaired) electrons. The molecule has 0 bridgehead atoms. The van der Waals surface area contributed by atoms with Crippen molar-refractivity contribution in [3.05, 3.63) is 206 Å². The van der Waals surface area contributed by atoms with Gasteiger partial charge in [0.25, 0.3) is 6.71 Å². The lowest BCUT2D eigenvalue weighted by Gasteiger charge is -2.44. The van der Waals surface area contributed by atoms with E-state index in [0.29, 0.717) is 0 Å². The topological polar surface area (TPSA) is 9.72 Å². The largest absolute Gasteiger partial charge is 0.311 e. The third kappa shape index (κ3) is 5.79. The summed E-state index contributed by atoms with van der Waals surface area (Å²) in [5, 5.41) is 1.29. The summed E-state index contributed by atoms with van der Waals surface area (Å²) in [6.45, 7) is 6.95. The van der Waals surface area contributed by atoms with Crippen LogP contribution in [0.25, 0.3) is 21.2 Å². The van der Waals surface area contributed by atoms with E-state index in [0.717, 1.165) is 28.4 Å². The van der Waals surface area contributed by atoms with Gasteiger partial charge in [0, 0.05) is 60.2 Å². The lowest BCUT2D eigenvalue weighted by molar-refractivity contribution is 0.590. The molecule has 9 aromatic rings. The molecule has 0 saturated heterocycles. The summed E-state index contributed by atoms with van der Waals surface area (Å²) in [5.41, 5.74) is 16.9. The normalized spacial score (nSPS) is 12.9. The maximum absolute atomic E-state index is 2.57. The first-order chi connectivity index (χ1) is 28.9. The average molecular weight is 776 g/mol. The van der Waals surface area contributed by atoms with Crippen molar-refractivity contribution in [2.24, 2.45) is 0 Å². The van der Waals surface area contributed by atoms with Crippen LogP contribution in [0.5, 0.6) is 0 Å². The third-order valence-corrected chi connectivity index (χ3v) is 13.2. The van der Waals surface area contributed by atoms with Gasteiger partial charge in [0.1, 0.15) is 0 Å². The molecule has 1 aromatic heterocycles. The summed E-state index contributed by atoms with van der Waals surface area (Å²) in [6, 6.07) is 73.5. The van der Waals surface area contributed by atoms with E-state index in [1.54, 1.807) is 0 Å². The monoisotopic (exact) mass is 775 g/mol. The van der Waals surface area contributed by atoms with Crippen LogP contribution in [-0.4, -0.2) is 6.71 Å². The van der Waals surface area contributed by atoms with Gasteiger partial charge in [-0.15, -0.1) is 11.3 Å². The molecule has 0 aliphatic carbocycles. The van der Waals surface area contributed by atoms with Gasteiger partial charge < -0.3 is 14.7 Å². The van der Waals surface area contributed by atoms with Crippen molar-refractivity contribution in [3.63, 3.8) is 0 Å². The molecule has 0 spiro atoms. The number of fused-ring (bicyclic) bond motifs is 6. The fourth-order valence-electron chi connectivity index (χ4n) is 9.24. The van der Waals surface area contributed by atoms with Crippen molar-refractivity contribution in [1.29, 1.82) is 0 Å². The summed E-state index contributed by atoms with van der Waals surface area (Å²) >= 11 is 1.94. The molecule has 0 atom stereocenters. The molecular weight excluding hydrogens is 733 g/mol. The highest BCUT2D eigenvalue weighted by Crippen LogP contribution is 2.50. The van der Waals surface area contributed by atoms with E-state index in [-0.39, 0.29) is 12.1 Å². The Morgan fingerprint density at radius 3 is 1.78 bits per heavy atom. The summed E-state index contributed by atoms with van der Waals surface area (Å²) in [7, 11) is 0. The van der Waals surface area contributed by atoms with E-state index in [1.165, 1.54) is 65.2 Å². The van der Waals surface area contributed by atoms with Crippen LogP contribution in [-0.2, 0) is 5.41 Å². The van der Waals surface area contributed by atoms with Gasteiger partial charge >= 0.3 is 0 Å². The highest BCUT2D eigenvalue weighted by Gasteiger charge is 2.45. The quantitative estimate of drug-likeness (QED) is 0.156. The van der Waals surface area contributed by atoms with Gasteiger partial charge in [-0.05, 0) is 106 Å². The van der Waals surface area contributed by atoms with Crippen LogP contribution in [0.3, 0.4) is 0 Å². The number of anilines is 9. The molecule has 0 saturated carbocycles. The van der Waals surface area contributed by atoms with Crippen LogP contribution in [0.4, 0.5) is 51.2 Å². The van der Waals surface area contributed by atoms with Crippen LogP contribution in [0.2, 0.25) is 0 Å². The first-order valence-electron chi connectivity index (χ1n) is 20.5. The van der Waals surface area contributed by atoms with Crippen LogP contribution < -0.4 is 30.4 Å². The molecule has 2 aliphatic heterocycles. The van der Waals surface area contributed by atoms with Gasteiger partial charge in [-0.1, -0.05) is 142 Å². The van der Waals surface area contributed by atoms with Gasteiger partial charge in [-0.3, -0.25) is 0 Å². The predicted octanol–water partition coefficient (Wildman–Crippen LogP) is 13.4. The Morgan fingerprint density at radius 1 is 0.492 bits per heavy atom. The number of rotatable bonds is 6. The number of nitrogens with zero attached hydrogens (tertiary/aromatic N) is 3. The van der Waals surface area contributed by atoms with E-state index >= 15 is 0 Å². The molecule has 59 heavy (non-hydrogen) atoms. The Labute approximate surface area is 351 Å². The van der Waals surface area contributed by atoms with Crippen LogP contribution in [0.1, 0.15) is 26.3 Å². The van der Waals surface area contributed by atoms with E-state index < -0.39 is 0 Å². The average Bonchev–Trinajstić information content (AvgIpc) is 3.66. The van der Waals surface area contributed by atoms with E-state index in [2.05, 4.69) is 236 Å². The minimum atomic E-state index is -0.0221. The standard InChI is InChI=1S/C54H42BN3S/c1-54(2,3)38-31-34-46(44(35-38)37-19-8-4-9-20-37)58-48-29-18-28-47-51(48)55(53-52(43-27-16-17-30-50(43)59-53)57(47)41-25-14-7-15-26-41)45-33-32-42(36-49(45)58)56(39-21-10-5-11-22-39)40-23-12-6-13-24-40/h4-36H,1-3H3. The van der Waals surface area contributed by atoms with E-state index in [1.807, 2.05) is 11.3 Å². The Bertz CT molecular complexity index is 2950. The second kappa shape index (κ2) is 13.9. The van der Waals surface area contributed by atoms with Gasteiger partial charge in [0.05, 0.1) is 11.4 Å². The second-order valence-electron chi connectivity index (χ2n) is 16.6. The minimum Gasteiger partial charge on any atom is -0.311 e. The number of hydrogen-bond donors (Lipinski definition) is 0. The lowest BCUT2D eigenvalue weighted by Crippen LogP contribution is -2.60. The zero-order valence-electron chi connectivity index (χ0n) is 33.4. The zero-order chi connectivity index (χ0) is 39.7. The smallest absolute Gasteiger partial charge is 0.264 e. The fourth-order valence-corrected chi connectivity index (χ4v) is 10.6. The number of benzene rings is 8. The lowest BCUT2D eigenvalue weighted by atomic mass is 9.36. The Balaban J connectivity index is 1.24. The van der Waals surface area contributed by atoms with Gasteiger partial charge in [-0.25, -0.2) is 0 Å². The first kappa shape index (κ1) is 35.4. The summed E-state index contributed by atoms with van der Waals surface area (Å²) in [4.78, 5) is 7.47. The number of hydrogen-bond acceptors (Lipinski definition) is 4. The molecule has 0 N–H and O–H groups in total. The SMILES string of the molecule is CC(C)(C)c1ccc(N2c3cc(N(c4ccccc4)c4ccccc4)ccc3B3c4sc5ccccc5c4N(c4ccccc4)c4cccc2c43)c(-c2ccccc2)c1. The molecule has 11 rings (SSSR count). The third-order valence-electron chi connectivity index (χ3n) is 12.0.